The van der Waals surface area contributed by atoms with Gasteiger partial charge in [0.2, 0.25) is 11.8 Å². The molecule has 1 saturated heterocycles. The molecule has 7 nitrogen and oxygen atoms in total. The zero-order valence-electron chi connectivity index (χ0n) is 9.04. The molecule has 1 aromatic heterocycles. The van der Waals surface area contributed by atoms with Crippen LogP contribution >= 0.6 is 23.2 Å². The van der Waals surface area contributed by atoms with Crippen molar-refractivity contribution in [2.24, 2.45) is 0 Å². The van der Waals surface area contributed by atoms with Crippen molar-refractivity contribution in [3.8, 4) is 0 Å². The van der Waals surface area contributed by atoms with Gasteiger partial charge in [0, 0.05) is 6.54 Å². The predicted molar refractivity (Wildman–Crippen MR) is 65.5 cm³/mol. The van der Waals surface area contributed by atoms with Gasteiger partial charge in [-0.3, -0.25) is 14.9 Å². The van der Waals surface area contributed by atoms with E-state index >= 15 is 0 Å². The Morgan fingerprint density at radius 3 is 2.89 bits per heavy atom. The molecule has 1 atom stereocenters. The average molecular weight is 290 g/mol. The lowest BCUT2D eigenvalue weighted by Crippen LogP contribution is -2.56. The quantitative estimate of drug-likeness (QED) is 0.656. The molecule has 0 spiro atoms. The molecule has 2 amide bonds. The number of carbonyl (C=O) groups is 2. The van der Waals surface area contributed by atoms with Crippen LogP contribution in [0.25, 0.3) is 0 Å². The standard InChI is InChI=1S/C9H9Cl2N5O2/c10-6-7(11)14-3-15-8(6)16-9(18)4-1-13-5(17)2-12-4/h3-4,12H,1-2H2,(H,13,17)(H,14,15,16,18). The molecule has 0 aliphatic carbocycles. The Morgan fingerprint density at radius 1 is 1.44 bits per heavy atom. The number of carbonyl (C=O) groups excluding carboxylic acids is 2. The zero-order valence-corrected chi connectivity index (χ0v) is 10.5. The number of hydrogen-bond donors (Lipinski definition) is 3. The van der Waals surface area contributed by atoms with E-state index in [2.05, 4.69) is 25.9 Å². The van der Waals surface area contributed by atoms with Gasteiger partial charge in [0.25, 0.3) is 0 Å². The lowest BCUT2D eigenvalue weighted by atomic mass is 10.2. The van der Waals surface area contributed by atoms with Gasteiger partial charge in [0.05, 0.1) is 6.54 Å². The zero-order chi connectivity index (χ0) is 13.1. The summed E-state index contributed by atoms with van der Waals surface area (Å²) in [6.45, 7) is 0.303. The third-order valence-corrected chi connectivity index (χ3v) is 3.06. The Hall–Kier alpha value is -1.44. The summed E-state index contributed by atoms with van der Waals surface area (Å²) in [7, 11) is 0. The van der Waals surface area contributed by atoms with Gasteiger partial charge in [-0.1, -0.05) is 23.2 Å². The van der Waals surface area contributed by atoms with Crippen molar-refractivity contribution in [3.63, 3.8) is 0 Å². The first kappa shape index (κ1) is 13.0. The molecular weight excluding hydrogens is 281 g/mol. The first-order valence-electron chi connectivity index (χ1n) is 5.05. The lowest BCUT2D eigenvalue weighted by molar-refractivity contribution is -0.124. The second-order valence-electron chi connectivity index (χ2n) is 3.55. The fraction of sp³-hybridized carbons (Fsp3) is 0.333. The number of hydrogen-bond acceptors (Lipinski definition) is 5. The Kier molecular flexibility index (Phi) is 3.95. The van der Waals surface area contributed by atoms with Crippen LogP contribution in [0.1, 0.15) is 0 Å². The second kappa shape index (κ2) is 5.47. The summed E-state index contributed by atoms with van der Waals surface area (Å²) in [5.74, 6) is -0.366. The molecule has 1 unspecified atom stereocenters. The average Bonchev–Trinajstić information content (AvgIpc) is 2.36. The molecule has 1 aliphatic heterocycles. The molecule has 2 heterocycles. The molecule has 18 heavy (non-hydrogen) atoms. The number of amides is 2. The number of rotatable bonds is 2. The van der Waals surface area contributed by atoms with E-state index in [0.29, 0.717) is 0 Å². The first-order chi connectivity index (χ1) is 8.58. The minimum Gasteiger partial charge on any atom is -0.353 e. The monoisotopic (exact) mass is 289 g/mol. The van der Waals surface area contributed by atoms with Gasteiger partial charge < -0.3 is 10.6 Å². The molecule has 2 rings (SSSR count). The maximum atomic E-state index is 11.9. The third-order valence-electron chi connectivity index (χ3n) is 2.32. The van der Waals surface area contributed by atoms with Crippen molar-refractivity contribution < 1.29 is 9.59 Å². The summed E-state index contributed by atoms with van der Waals surface area (Å²) in [5.41, 5.74) is 0. The molecule has 1 fully saturated rings. The number of nitrogens with one attached hydrogen (secondary N) is 3. The number of halogens is 2. The summed E-state index contributed by atoms with van der Waals surface area (Å²) < 4.78 is 0. The number of anilines is 1. The van der Waals surface area contributed by atoms with Crippen LogP contribution in [0.3, 0.4) is 0 Å². The van der Waals surface area contributed by atoms with Crippen molar-refractivity contribution in [1.29, 1.82) is 0 Å². The van der Waals surface area contributed by atoms with Gasteiger partial charge in [-0.25, -0.2) is 9.97 Å². The van der Waals surface area contributed by atoms with E-state index < -0.39 is 6.04 Å². The van der Waals surface area contributed by atoms with Gasteiger partial charge in [-0.05, 0) is 0 Å². The van der Waals surface area contributed by atoms with Crippen molar-refractivity contribution in [2.75, 3.05) is 18.4 Å². The topological polar surface area (TPSA) is 96.0 Å². The maximum absolute atomic E-state index is 11.9. The molecular formula is C9H9Cl2N5O2. The van der Waals surface area contributed by atoms with Crippen LogP contribution in [0.15, 0.2) is 6.33 Å². The van der Waals surface area contributed by atoms with Gasteiger partial charge in [-0.2, -0.15) is 0 Å². The highest BCUT2D eigenvalue weighted by Crippen LogP contribution is 2.25. The predicted octanol–water partition coefficient (Wildman–Crippen LogP) is -0.190. The normalized spacial score (nSPS) is 19.2. The highest BCUT2D eigenvalue weighted by Gasteiger charge is 2.24. The lowest BCUT2D eigenvalue weighted by Gasteiger charge is -2.23. The molecule has 0 bridgehead atoms. The molecule has 0 saturated carbocycles. The fourth-order valence-corrected chi connectivity index (χ4v) is 1.67. The fourth-order valence-electron chi connectivity index (χ4n) is 1.39. The van der Waals surface area contributed by atoms with Crippen LogP contribution in [0.2, 0.25) is 10.2 Å². The van der Waals surface area contributed by atoms with Crippen LogP contribution in [0.5, 0.6) is 0 Å². The molecule has 0 aromatic carbocycles. The van der Waals surface area contributed by atoms with E-state index in [4.69, 9.17) is 23.2 Å². The number of piperazine rings is 1. The van der Waals surface area contributed by atoms with Gasteiger partial charge >= 0.3 is 0 Å². The molecule has 9 heteroatoms. The van der Waals surface area contributed by atoms with E-state index in [1.54, 1.807) is 0 Å². The van der Waals surface area contributed by atoms with Crippen molar-refractivity contribution in [3.05, 3.63) is 16.5 Å². The number of nitrogens with zero attached hydrogens (tertiary/aromatic N) is 2. The third kappa shape index (κ3) is 2.87. The molecule has 3 N–H and O–H groups in total. The van der Waals surface area contributed by atoms with E-state index in [9.17, 15) is 9.59 Å². The summed E-state index contributed by atoms with van der Waals surface area (Å²) in [6, 6.07) is -0.535. The van der Waals surface area contributed by atoms with Crippen LogP contribution in [-0.2, 0) is 9.59 Å². The SMILES string of the molecule is O=C1CNC(C(=O)Nc2ncnc(Cl)c2Cl)CN1. The maximum Gasteiger partial charge on any atom is 0.244 e. The minimum atomic E-state index is -0.535. The molecule has 1 aromatic rings. The van der Waals surface area contributed by atoms with E-state index in [0.717, 1.165) is 0 Å². The van der Waals surface area contributed by atoms with Crippen LogP contribution in [-0.4, -0.2) is 40.9 Å². The summed E-state index contributed by atoms with van der Waals surface area (Å²) in [4.78, 5) is 30.3. The summed E-state index contributed by atoms with van der Waals surface area (Å²) >= 11 is 11.5. The van der Waals surface area contributed by atoms with Crippen molar-refractivity contribution >= 4 is 40.8 Å². The molecule has 0 radical (unpaired) electrons. The van der Waals surface area contributed by atoms with Crippen LogP contribution in [0, 0.1) is 0 Å². The summed E-state index contributed by atoms with van der Waals surface area (Å²) in [6.07, 6.45) is 1.19. The molecule has 1 aliphatic rings. The molecule has 96 valence electrons. The summed E-state index contributed by atoms with van der Waals surface area (Å²) in [5, 5.41) is 8.00. The van der Waals surface area contributed by atoms with Crippen LogP contribution in [0.4, 0.5) is 5.82 Å². The highest BCUT2D eigenvalue weighted by atomic mass is 35.5. The Bertz CT molecular complexity index is 486. The largest absolute Gasteiger partial charge is 0.353 e. The van der Waals surface area contributed by atoms with Crippen molar-refractivity contribution in [2.45, 2.75) is 6.04 Å². The van der Waals surface area contributed by atoms with Gasteiger partial charge in [0.15, 0.2) is 11.0 Å². The Morgan fingerprint density at radius 2 is 2.22 bits per heavy atom. The Labute approximate surface area is 112 Å². The first-order valence-corrected chi connectivity index (χ1v) is 5.80. The second-order valence-corrected chi connectivity index (χ2v) is 4.29. The van der Waals surface area contributed by atoms with E-state index in [-0.39, 0.29) is 40.9 Å². The minimum absolute atomic E-state index is 0.0619. The van der Waals surface area contributed by atoms with Crippen molar-refractivity contribution in [1.82, 2.24) is 20.6 Å². The van der Waals surface area contributed by atoms with E-state index in [1.807, 2.05) is 0 Å². The Balaban J connectivity index is 2.03. The smallest absolute Gasteiger partial charge is 0.244 e. The van der Waals surface area contributed by atoms with E-state index in [1.165, 1.54) is 6.33 Å². The van der Waals surface area contributed by atoms with Gasteiger partial charge in [0.1, 0.15) is 17.4 Å². The van der Waals surface area contributed by atoms with Gasteiger partial charge in [-0.15, -0.1) is 0 Å². The highest BCUT2D eigenvalue weighted by molar-refractivity contribution is 6.42. The van der Waals surface area contributed by atoms with Crippen LogP contribution < -0.4 is 16.0 Å². The number of aromatic nitrogens is 2.